The van der Waals surface area contributed by atoms with Crippen LogP contribution < -0.4 is 4.74 Å². The number of amides is 1. The minimum Gasteiger partial charge on any atom is -0.496 e. The zero-order valence-electron chi connectivity index (χ0n) is 16.3. The Hall–Kier alpha value is -1.57. The molecule has 1 amide bonds. The van der Waals surface area contributed by atoms with Crippen LogP contribution in [0.1, 0.15) is 50.7 Å². The molecule has 1 heterocycles. The van der Waals surface area contributed by atoms with E-state index in [2.05, 4.69) is 0 Å². The zero-order valence-corrected chi connectivity index (χ0v) is 17.1. The summed E-state index contributed by atoms with van der Waals surface area (Å²) in [6, 6.07) is 2.61. The monoisotopic (exact) mass is 405 g/mol. The second-order valence-corrected chi connectivity index (χ2v) is 8.41. The highest BCUT2D eigenvalue weighted by atomic mass is 32.2. The number of thioether (sulfide) groups is 1. The molecule has 0 spiro atoms. The molecule has 8 heteroatoms. The third-order valence-electron chi connectivity index (χ3n) is 4.37. The molecule has 1 atom stereocenters. The Bertz CT molecular complexity index is 686. The second kappa shape index (κ2) is 8.20. The lowest BCUT2D eigenvalue weighted by Crippen LogP contribution is -2.42. The van der Waals surface area contributed by atoms with Gasteiger partial charge in [0.1, 0.15) is 11.4 Å². The van der Waals surface area contributed by atoms with Crippen LogP contribution in [0, 0.1) is 0 Å². The molecular formula is C19H26F3NO3S. The largest absolute Gasteiger partial charge is 0.496 e. The van der Waals surface area contributed by atoms with Gasteiger partial charge in [-0.25, -0.2) is 4.79 Å². The van der Waals surface area contributed by atoms with Crippen molar-refractivity contribution in [2.75, 3.05) is 26.5 Å². The third-order valence-corrected chi connectivity index (χ3v) is 5.15. The number of hydrogen-bond donors (Lipinski definition) is 0. The fourth-order valence-corrected chi connectivity index (χ4v) is 3.82. The Kier molecular flexibility index (Phi) is 6.60. The number of ether oxygens (including phenoxy) is 2. The van der Waals surface area contributed by atoms with E-state index in [-0.39, 0.29) is 16.6 Å². The Morgan fingerprint density at radius 1 is 1.26 bits per heavy atom. The molecule has 0 aromatic heterocycles. The Morgan fingerprint density at radius 3 is 2.44 bits per heavy atom. The van der Waals surface area contributed by atoms with Gasteiger partial charge in [-0.05, 0) is 52.0 Å². The fraction of sp³-hybridized carbons (Fsp3) is 0.632. The van der Waals surface area contributed by atoms with E-state index in [1.165, 1.54) is 7.11 Å². The van der Waals surface area contributed by atoms with Gasteiger partial charge in [-0.1, -0.05) is 0 Å². The van der Waals surface area contributed by atoms with Crippen molar-refractivity contribution >= 4 is 17.9 Å². The number of benzene rings is 1. The number of alkyl halides is 3. The number of carbonyl (C=O) groups excluding carboxylic acids is 1. The van der Waals surface area contributed by atoms with Gasteiger partial charge in [-0.15, -0.1) is 11.8 Å². The number of halogens is 3. The van der Waals surface area contributed by atoms with E-state index < -0.39 is 23.4 Å². The quantitative estimate of drug-likeness (QED) is 0.618. The average molecular weight is 405 g/mol. The van der Waals surface area contributed by atoms with Crippen LogP contribution in [0.15, 0.2) is 17.0 Å². The van der Waals surface area contributed by atoms with E-state index in [9.17, 15) is 18.0 Å². The van der Waals surface area contributed by atoms with Crippen LogP contribution in [0.25, 0.3) is 0 Å². The van der Waals surface area contributed by atoms with Crippen molar-refractivity contribution in [2.24, 2.45) is 0 Å². The van der Waals surface area contributed by atoms with Crippen molar-refractivity contribution in [3.63, 3.8) is 0 Å². The lowest BCUT2D eigenvalue weighted by molar-refractivity contribution is -0.139. The second-order valence-electron chi connectivity index (χ2n) is 7.56. The maximum Gasteiger partial charge on any atom is 0.417 e. The predicted octanol–water partition coefficient (Wildman–Crippen LogP) is 5.55. The Morgan fingerprint density at radius 2 is 1.93 bits per heavy atom. The van der Waals surface area contributed by atoms with Gasteiger partial charge < -0.3 is 14.4 Å². The lowest BCUT2D eigenvalue weighted by Gasteiger charge is -2.35. The number of carbonyl (C=O) groups is 1. The molecule has 1 aromatic rings. The molecule has 0 saturated carbocycles. The van der Waals surface area contributed by atoms with Gasteiger partial charge >= 0.3 is 12.3 Å². The van der Waals surface area contributed by atoms with E-state index in [4.69, 9.17) is 9.47 Å². The van der Waals surface area contributed by atoms with Gasteiger partial charge in [0, 0.05) is 29.5 Å². The van der Waals surface area contributed by atoms with Crippen molar-refractivity contribution in [1.29, 1.82) is 0 Å². The Balaban J connectivity index is 2.32. The lowest BCUT2D eigenvalue weighted by atomic mass is 9.89. The normalized spacial score (nSPS) is 18.4. The molecule has 1 unspecified atom stereocenters. The summed E-state index contributed by atoms with van der Waals surface area (Å²) >= 11 is 1.05. The summed E-state index contributed by atoms with van der Waals surface area (Å²) in [4.78, 5) is 14.2. The van der Waals surface area contributed by atoms with Crippen LogP contribution in [0.3, 0.4) is 0 Å². The van der Waals surface area contributed by atoms with Crippen LogP contribution in [0.5, 0.6) is 5.75 Å². The van der Waals surface area contributed by atoms with Gasteiger partial charge in [0.2, 0.25) is 0 Å². The molecule has 27 heavy (non-hydrogen) atoms. The SMILES string of the molecule is COc1cc(C(F)(F)F)c(SC)cc1C1CCCN(C(=O)OC(C)(C)C)C1. The third kappa shape index (κ3) is 5.46. The van der Waals surface area contributed by atoms with E-state index in [0.717, 1.165) is 30.7 Å². The van der Waals surface area contributed by atoms with Gasteiger partial charge in [0.15, 0.2) is 0 Å². The molecule has 2 rings (SSSR count). The highest BCUT2D eigenvalue weighted by Gasteiger charge is 2.36. The first-order valence-electron chi connectivity index (χ1n) is 8.77. The molecule has 1 aromatic carbocycles. The first-order chi connectivity index (χ1) is 12.5. The molecule has 1 aliphatic heterocycles. The van der Waals surface area contributed by atoms with Crippen LogP contribution in [0.4, 0.5) is 18.0 Å². The van der Waals surface area contributed by atoms with Gasteiger partial charge in [-0.3, -0.25) is 0 Å². The van der Waals surface area contributed by atoms with Gasteiger partial charge in [0.05, 0.1) is 12.7 Å². The maximum absolute atomic E-state index is 13.3. The number of hydrogen-bond acceptors (Lipinski definition) is 4. The fourth-order valence-electron chi connectivity index (χ4n) is 3.19. The molecule has 4 nitrogen and oxygen atoms in total. The summed E-state index contributed by atoms with van der Waals surface area (Å²) in [6.07, 6.45) is -1.70. The maximum atomic E-state index is 13.3. The standard InChI is InChI=1S/C19H26F3NO3S/c1-18(2,3)26-17(24)23-8-6-7-12(11-23)13-9-16(27-5)14(19(20,21)22)10-15(13)25-4/h9-10,12H,6-8,11H2,1-5H3. The van der Waals surface area contributed by atoms with Gasteiger partial charge in [0.25, 0.3) is 0 Å². The number of methoxy groups -OCH3 is 1. The van der Waals surface area contributed by atoms with Crippen molar-refractivity contribution in [3.8, 4) is 5.75 Å². The van der Waals surface area contributed by atoms with E-state index in [1.807, 2.05) is 0 Å². The Labute approximate surface area is 162 Å². The summed E-state index contributed by atoms with van der Waals surface area (Å²) in [7, 11) is 1.37. The molecule has 0 N–H and O–H groups in total. The molecule has 1 saturated heterocycles. The predicted molar refractivity (Wildman–Crippen MR) is 99.6 cm³/mol. The van der Waals surface area contributed by atoms with E-state index in [0.29, 0.717) is 18.7 Å². The number of nitrogens with zero attached hydrogens (tertiary/aromatic N) is 1. The van der Waals surface area contributed by atoms with Crippen molar-refractivity contribution < 1.29 is 27.4 Å². The molecule has 0 radical (unpaired) electrons. The van der Waals surface area contributed by atoms with Crippen molar-refractivity contribution in [2.45, 2.75) is 56.2 Å². The smallest absolute Gasteiger partial charge is 0.417 e. The van der Waals surface area contributed by atoms with Crippen LogP contribution >= 0.6 is 11.8 Å². The number of likely N-dealkylation sites (tertiary alicyclic amines) is 1. The average Bonchev–Trinajstić information content (AvgIpc) is 2.58. The van der Waals surface area contributed by atoms with E-state index in [1.54, 1.807) is 38.0 Å². The molecule has 1 aliphatic rings. The van der Waals surface area contributed by atoms with E-state index >= 15 is 0 Å². The minimum atomic E-state index is -4.45. The molecular weight excluding hydrogens is 379 g/mol. The molecule has 0 bridgehead atoms. The van der Waals surface area contributed by atoms with Crippen LogP contribution in [-0.2, 0) is 10.9 Å². The highest BCUT2D eigenvalue weighted by Crippen LogP contribution is 2.43. The first-order valence-corrected chi connectivity index (χ1v) is 9.99. The molecule has 152 valence electrons. The van der Waals surface area contributed by atoms with Gasteiger partial charge in [-0.2, -0.15) is 13.2 Å². The molecule has 0 aliphatic carbocycles. The first kappa shape index (κ1) is 21.7. The summed E-state index contributed by atoms with van der Waals surface area (Å²) < 4.78 is 50.6. The van der Waals surface area contributed by atoms with Crippen LogP contribution in [-0.4, -0.2) is 43.0 Å². The van der Waals surface area contributed by atoms with Crippen LogP contribution in [0.2, 0.25) is 0 Å². The number of rotatable bonds is 3. The number of piperidine rings is 1. The summed E-state index contributed by atoms with van der Waals surface area (Å²) in [5.41, 5.74) is -0.597. The summed E-state index contributed by atoms with van der Waals surface area (Å²) in [6.45, 7) is 6.37. The topological polar surface area (TPSA) is 38.8 Å². The van der Waals surface area contributed by atoms with Crippen molar-refractivity contribution in [1.82, 2.24) is 4.90 Å². The zero-order chi connectivity index (χ0) is 20.4. The van der Waals surface area contributed by atoms with Crippen molar-refractivity contribution in [3.05, 3.63) is 23.3 Å². The summed E-state index contributed by atoms with van der Waals surface area (Å²) in [5.74, 6) is 0.102. The minimum absolute atomic E-state index is 0.102. The molecule has 1 fully saturated rings. The highest BCUT2D eigenvalue weighted by molar-refractivity contribution is 7.98. The summed E-state index contributed by atoms with van der Waals surface area (Å²) in [5, 5.41) is 0.